The molecule has 0 unspecified atom stereocenters. The van der Waals surface area contributed by atoms with Crippen LogP contribution in [0.1, 0.15) is 5.82 Å². The van der Waals surface area contributed by atoms with E-state index in [0.29, 0.717) is 21.6 Å². The molecule has 0 fully saturated rings. The van der Waals surface area contributed by atoms with Crippen molar-refractivity contribution in [2.45, 2.75) is 6.61 Å². The fourth-order valence-corrected chi connectivity index (χ4v) is 1.58. The maximum atomic E-state index is 5.92. The summed E-state index contributed by atoms with van der Waals surface area (Å²) < 4.78 is 5.41. The van der Waals surface area contributed by atoms with E-state index in [1.807, 2.05) is 0 Å². The Kier molecular flexibility index (Phi) is 3.17. The number of aromatic nitrogens is 3. The van der Waals surface area contributed by atoms with Crippen LogP contribution in [-0.2, 0) is 6.61 Å². The highest BCUT2D eigenvalue weighted by Crippen LogP contribution is 2.27. The third-order valence-corrected chi connectivity index (χ3v) is 2.34. The average molecular weight is 259 g/mol. The molecule has 1 aromatic carbocycles. The van der Waals surface area contributed by atoms with Gasteiger partial charge >= 0.3 is 0 Å². The second-order valence-electron chi connectivity index (χ2n) is 3.00. The van der Waals surface area contributed by atoms with Gasteiger partial charge in [0.2, 0.25) is 5.95 Å². The number of benzene rings is 1. The molecule has 84 valence electrons. The molecule has 7 heteroatoms. The minimum absolute atomic E-state index is 0.181. The van der Waals surface area contributed by atoms with Crippen LogP contribution in [0.4, 0.5) is 5.95 Å². The molecule has 0 aliphatic rings. The topological polar surface area (TPSA) is 76.8 Å². The van der Waals surface area contributed by atoms with E-state index >= 15 is 0 Å². The zero-order valence-electron chi connectivity index (χ0n) is 8.08. The van der Waals surface area contributed by atoms with E-state index in [2.05, 4.69) is 15.2 Å². The van der Waals surface area contributed by atoms with Crippen molar-refractivity contribution in [3.63, 3.8) is 0 Å². The Bertz CT molecular complexity index is 500. The standard InChI is InChI=1S/C9H8Cl2N4O/c10-5-1-2-7(6(11)3-5)16-4-8-13-9(12)15-14-8/h1-3H,4H2,(H3,12,13,14,15). The van der Waals surface area contributed by atoms with Crippen LogP contribution in [-0.4, -0.2) is 15.2 Å². The van der Waals surface area contributed by atoms with Gasteiger partial charge in [0.25, 0.3) is 0 Å². The number of nitrogens with zero attached hydrogens (tertiary/aromatic N) is 2. The van der Waals surface area contributed by atoms with E-state index in [9.17, 15) is 0 Å². The molecular weight excluding hydrogens is 251 g/mol. The van der Waals surface area contributed by atoms with E-state index in [4.69, 9.17) is 33.7 Å². The molecule has 0 bridgehead atoms. The molecule has 2 aromatic rings. The van der Waals surface area contributed by atoms with Crippen LogP contribution < -0.4 is 10.5 Å². The van der Waals surface area contributed by atoms with Gasteiger partial charge in [-0.1, -0.05) is 23.2 Å². The molecule has 16 heavy (non-hydrogen) atoms. The van der Waals surface area contributed by atoms with Crippen LogP contribution in [0.3, 0.4) is 0 Å². The van der Waals surface area contributed by atoms with Gasteiger partial charge in [0, 0.05) is 5.02 Å². The largest absolute Gasteiger partial charge is 0.484 e. The van der Waals surface area contributed by atoms with Crippen molar-refractivity contribution < 1.29 is 4.74 Å². The molecule has 0 spiro atoms. The van der Waals surface area contributed by atoms with Crippen LogP contribution >= 0.6 is 23.2 Å². The highest BCUT2D eigenvalue weighted by molar-refractivity contribution is 6.35. The summed E-state index contributed by atoms with van der Waals surface area (Å²) >= 11 is 11.7. The summed E-state index contributed by atoms with van der Waals surface area (Å²) in [5, 5.41) is 7.30. The summed E-state index contributed by atoms with van der Waals surface area (Å²) in [6, 6.07) is 4.98. The lowest BCUT2D eigenvalue weighted by atomic mass is 10.3. The summed E-state index contributed by atoms with van der Waals surface area (Å²) in [6.07, 6.45) is 0. The molecule has 3 N–H and O–H groups in total. The van der Waals surface area contributed by atoms with Gasteiger partial charge in [-0.25, -0.2) is 0 Å². The van der Waals surface area contributed by atoms with Gasteiger partial charge in [-0.05, 0) is 18.2 Å². The minimum Gasteiger partial charge on any atom is -0.484 e. The maximum Gasteiger partial charge on any atom is 0.239 e. The molecule has 0 aliphatic carbocycles. The van der Waals surface area contributed by atoms with E-state index in [1.165, 1.54) is 0 Å². The normalized spacial score (nSPS) is 10.4. The number of rotatable bonds is 3. The predicted octanol–water partition coefficient (Wildman–Crippen LogP) is 2.27. The molecule has 0 amide bonds. The number of H-pyrrole nitrogens is 1. The number of nitrogens with one attached hydrogen (secondary N) is 1. The smallest absolute Gasteiger partial charge is 0.239 e. The molecule has 0 atom stereocenters. The highest BCUT2D eigenvalue weighted by Gasteiger charge is 2.04. The monoisotopic (exact) mass is 258 g/mol. The number of hydrogen-bond acceptors (Lipinski definition) is 4. The van der Waals surface area contributed by atoms with Crippen molar-refractivity contribution in [2.24, 2.45) is 0 Å². The summed E-state index contributed by atoms with van der Waals surface area (Å²) in [4.78, 5) is 3.89. The van der Waals surface area contributed by atoms with Gasteiger partial charge in [-0.2, -0.15) is 4.98 Å². The number of ether oxygens (including phenoxy) is 1. The van der Waals surface area contributed by atoms with Crippen LogP contribution in [0.2, 0.25) is 10.0 Å². The molecule has 0 aliphatic heterocycles. The molecular formula is C9H8Cl2N4O. The van der Waals surface area contributed by atoms with Crippen molar-refractivity contribution in [3.05, 3.63) is 34.1 Å². The number of halogens is 2. The number of anilines is 1. The first-order valence-electron chi connectivity index (χ1n) is 4.40. The number of nitrogens with two attached hydrogens (primary N) is 1. The average Bonchev–Trinajstić information content (AvgIpc) is 2.63. The number of nitrogen functional groups attached to an aromatic ring is 1. The molecule has 2 rings (SSSR count). The Morgan fingerprint density at radius 2 is 2.19 bits per heavy atom. The summed E-state index contributed by atoms with van der Waals surface area (Å²) in [5.41, 5.74) is 5.34. The third-order valence-electron chi connectivity index (χ3n) is 1.81. The van der Waals surface area contributed by atoms with Gasteiger partial charge in [0.15, 0.2) is 5.82 Å². The van der Waals surface area contributed by atoms with Crippen molar-refractivity contribution in [3.8, 4) is 5.75 Å². The molecule has 1 aromatic heterocycles. The molecule has 0 radical (unpaired) electrons. The van der Waals surface area contributed by atoms with Crippen LogP contribution in [0, 0.1) is 0 Å². The third kappa shape index (κ3) is 2.56. The Morgan fingerprint density at radius 3 is 2.81 bits per heavy atom. The van der Waals surface area contributed by atoms with Crippen molar-refractivity contribution >= 4 is 29.2 Å². The van der Waals surface area contributed by atoms with Gasteiger partial charge in [0.1, 0.15) is 12.4 Å². The lowest BCUT2D eigenvalue weighted by Gasteiger charge is -2.05. The lowest BCUT2D eigenvalue weighted by molar-refractivity contribution is 0.296. The zero-order valence-corrected chi connectivity index (χ0v) is 9.59. The van der Waals surface area contributed by atoms with Crippen LogP contribution in [0.25, 0.3) is 0 Å². The molecule has 0 saturated heterocycles. The number of hydrogen-bond donors (Lipinski definition) is 2. The summed E-state index contributed by atoms with van der Waals surface area (Å²) in [5.74, 6) is 1.24. The first-order chi connectivity index (χ1) is 7.65. The van der Waals surface area contributed by atoms with Gasteiger partial charge in [-0.15, -0.1) is 5.10 Å². The van der Waals surface area contributed by atoms with Gasteiger partial charge in [0.05, 0.1) is 5.02 Å². The Labute approximate surface area is 102 Å². The Morgan fingerprint density at radius 1 is 1.38 bits per heavy atom. The second kappa shape index (κ2) is 4.59. The fourth-order valence-electron chi connectivity index (χ4n) is 1.11. The second-order valence-corrected chi connectivity index (χ2v) is 3.85. The lowest BCUT2D eigenvalue weighted by Crippen LogP contribution is -1.98. The highest BCUT2D eigenvalue weighted by atomic mass is 35.5. The summed E-state index contributed by atoms with van der Waals surface area (Å²) in [6.45, 7) is 0.214. The quantitative estimate of drug-likeness (QED) is 0.886. The first-order valence-corrected chi connectivity index (χ1v) is 5.15. The molecule has 5 nitrogen and oxygen atoms in total. The van der Waals surface area contributed by atoms with Crippen molar-refractivity contribution in [1.82, 2.24) is 15.2 Å². The number of aromatic amines is 1. The predicted molar refractivity (Wildman–Crippen MR) is 61.6 cm³/mol. The first kappa shape index (κ1) is 11.0. The zero-order chi connectivity index (χ0) is 11.5. The van der Waals surface area contributed by atoms with Crippen LogP contribution in [0.15, 0.2) is 18.2 Å². The Balaban J connectivity index is 2.04. The van der Waals surface area contributed by atoms with E-state index in [1.54, 1.807) is 18.2 Å². The maximum absolute atomic E-state index is 5.92. The fraction of sp³-hybridized carbons (Fsp3) is 0.111. The molecule has 0 saturated carbocycles. The van der Waals surface area contributed by atoms with Gasteiger partial charge < -0.3 is 10.5 Å². The van der Waals surface area contributed by atoms with E-state index in [0.717, 1.165) is 0 Å². The SMILES string of the molecule is Nc1n[nH]c(COc2ccc(Cl)cc2Cl)n1. The van der Waals surface area contributed by atoms with E-state index in [-0.39, 0.29) is 12.6 Å². The van der Waals surface area contributed by atoms with Crippen molar-refractivity contribution in [1.29, 1.82) is 0 Å². The van der Waals surface area contributed by atoms with Crippen LogP contribution in [0.5, 0.6) is 5.75 Å². The van der Waals surface area contributed by atoms with Gasteiger partial charge in [-0.3, -0.25) is 5.10 Å². The molecule has 1 heterocycles. The van der Waals surface area contributed by atoms with Crippen molar-refractivity contribution in [2.75, 3.05) is 5.73 Å². The summed E-state index contributed by atoms with van der Waals surface area (Å²) in [7, 11) is 0. The Hall–Kier alpha value is -1.46. The van der Waals surface area contributed by atoms with E-state index < -0.39 is 0 Å². The minimum atomic E-state index is 0.181.